The van der Waals surface area contributed by atoms with Gasteiger partial charge >= 0.3 is 0 Å². The summed E-state index contributed by atoms with van der Waals surface area (Å²) in [5, 5.41) is 2.23. The quantitative estimate of drug-likeness (QED) is 0.159. The van der Waals surface area contributed by atoms with Crippen LogP contribution in [-0.2, 0) is 0 Å². The summed E-state index contributed by atoms with van der Waals surface area (Å²) in [6.07, 6.45) is 3.28. The number of rotatable bonds is 8. The third kappa shape index (κ3) is 6.44. The summed E-state index contributed by atoms with van der Waals surface area (Å²) in [5.74, 6) is 2.17. The second kappa shape index (κ2) is 14.7. The molecule has 0 radical (unpaired) electrons. The van der Waals surface area contributed by atoms with Crippen molar-refractivity contribution in [3.63, 3.8) is 0 Å². The van der Waals surface area contributed by atoms with E-state index in [9.17, 15) is 0 Å². The maximum atomic E-state index is 5.37. The first-order chi connectivity index (χ1) is 26.7. The van der Waals surface area contributed by atoms with Crippen LogP contribution >= 0.6 is 0 Å². The molecule has 2 heterocycles. The molecule has 7 aromatic carbocycles. The second-order valence-corrected chi connectivity index (χ2v) is 13.7. The fraction of sp³-hybridized carbons (Fsp3) is 0.0800. The minimum atomic E-state index is 0.0274. The van der Waals surface area contributed by atoms with Gasteiger partial charge in [0.05, 0.1) is 11.8 Å². The second-order valence-electron chi connectivity index (χ2n) is 13.7. The van der Waals surface area contributed by atoms with E-state index in [1.165, 1.54) is 16.7 Å². The monoisotopic (exact) mass is 694 g/mol. The van der Waals surface area contributed by atoms with Crippen molar-refractivity contribution in [3.8, 4) is 45.3 Å². The van der Waals surface area contributed by atoms with E-state index < -0.39 is 0 Å². The van der Waals surface area contributed by atoms with Gasteiger partial charge in [-0.15, -0.1) is 0 Å². The summed E-state index contributed by atoms with van der Waals surface area (Å²) >= 11 is 0. The Hall–Kier alpha value is -6.78. The normalized spacial score (nSPS) is 15.4. The number of nitrogens with zero attached hydrogens (tertiary/aromatic N) is 4. The molecule has 258 valence electrons. The molecule has 0 saturated carbocycles. The van der Waals surface area contributed by atoms with Gasteiger partial charge in [0.1, 0.15) is 0 Å². The fourth-order valence-electron chi connectivity index (χ4n) is 7.68. The Labute approximate surface area is 316 Å². The summed E-state index contributed by atoms with van der Waals surface area (Å²) in [6.45, 7) is 2.27. The van der Waals surface area contributed by atoms with Crippen molar-refractivity contribution in [3.05, 3.63) is 205 Å². The highest BCUT2D eigenvalue weighted by Crippen LogP contribution is 2.44. The van der Waals surface area contributed by atoms with Crippen LogP contribution in [0, 0.1) is 5.92 Å². The van der Waals surface area contributed by atoms with E-state index >= 15 is 0 Å². The van der Waals surface area contributed by atoms with Crippen LogP contribution in [0.4, 0.5) is 0 Å². The first kappa shape index (κ1) is 33.1. The van der Waals surface area contributed by atoms with Gasteiger partial charge in [-0.3, -0.25) is 4.99 Å². The maximum Gasteiger partial charge on any atom is 0.165 e. The standard InChI is InChI=1S/C50H38N4/c1-2-41-44(33-45(37-18-7-3-8-19-37)51-47(41)38-20-9-4-10-21-38)36-29-27-35(28-30-36)43-32-31-34-17-15-16-26-42(34)46(43)50-53-48(39-22-11-5-12-23-39)52-49(54-50)40-24-13-6-14-25-40/h3-33,41,47H,2H2,1H3. The van der Waals surface area contributed by atoms with Crippen LogP contribution in [0.1, 0.15) is 36.1 Å². The zero-order valence-corrected chi connectivity index (χ0v) is 30.0. The first-order valence-corrected chi connectivity index (χ1v) is 18.6. The van der Waals surface area contributed by atoms with Gasteiger partial charge in [-0.2, -0.15) is 0 Å². The molecule has 2 unspecified atom stereocenters. The largest absolute Gasteiger partial charge is 0.276 e. The summed E-state index contributed by atoms with van der Waals surface area (Å²) in [6, 6.07) is 63.6. The lowest BCUT2D eigenvalue weighted by atomic mass is 9.78. The summed E-state index contributed by atoms with van der Waals surface area (Å²) < 4.78 is 0. The van der Waals surface area contributed by atoms with Crippen LogP contribution in [0.3, 0.4) is 0 Å². The molecule has 8 aromatic rings. The highest BCUT2D eigenvalue weighted by molar-refractivity contribution is 6.13. The van der Waals surface area contributed by atoms with Crippen molar-refractivity contribution < 1.29 is 0 Å². The molecular weight excluding hydrogens is 657 g/mol. The lowest BCUT2D eigenvalue weighted by Crippen LogP contribution is -2.20. The van der Waals surface area contributed by atoms with E-state index in [-0.39, 0.29) is 12.0 Å². The number of fused-ring (bicyclic) bond motifs is 1. The highest BCUT2D eigenvalue weighted by Gasteiger charge is 2.30. The molecule has 0 saturated heterocycles. The summed E-state index contributed by atoms with van der Waals surface area (Å²) in [7, 11) is 0. The lowest BCUT2D eigenvalue weighted by Gasteiger charge is -2.31. The van der Waals surface area contributed by atoms with Gasteiger partial charge in [0, 0.05) is 22.6 Å². The number of allylic oxidation sites excluding steroid dienone is 1. The summed E-state index contributed by atoms with van der Waals surface area (Å²) in [5.41, 5.74) is 11.0. The highest BCUT2D eigenvalue weighted by atomic mass is 15.0. The van der Waals surface area contributed by atoms with Crippen molar-refractivity contribution in [1.82, 2.24) is 15.0 Å². The Balaban J connectivity index is 1.18. The van der Waals surface area contributed by atoms with Crippen LogP contribution in [0.25, 0.3) is 61.6 Å². The van der Waals surface area contributed by atoms with Gasteiger partial charge < -0.3 is 0 Å². The Kier molecular flexibility index (Phi) is 9.00. The smallest absolute Gasteiger partial charge is 0.165 e. The maximum absolute atomic E-state index is 5.37. The topological polar surface area (TPSA) is 51.0 Å². The van der Waals surface area contributed by atoms with Crippen LogP contribution in [-0.4, -0.2) is 20.7 Å². The lowest BCUT2D eigenvalue weighted by molar-refractivity contribution is 0.519. The third-order valence-corrected chi connectivity index (χ3v) is 10.4. The zero-order valence-electron chi connectivity index (χ0n) is 30.0. The Morgan fingerprint density at radius 2 is 0.963 bits per heavy atom. The molecule has 54 heavy (non-hydrogen) atoms. The van der Waals surface area contributed by atoms with Crippen molar-refractivity contribution in [1.29, 1.82) is 0 Å². The van der Waals surface area contributed by atoms with Gasteiger partial charge in [-0.1, -0.05) is 189 Å². The molecule has 0 N–H and O–H groups in total. The molecule has 0 fully saturated rings. The van der Waals surface area contributed by atoms with Gasteiger partial charge in [-0.05, 0) is 56.7 Å². The Morgan fingerprint density at radius 3 is 1.57 bits per heavy atom. The van der Waals surface area contributed by atoms with Crippen molar-refractivity contribution in [2.75, 3.05) is 0 Å². The molecule has 0 aliphatic carbocycles. The molecule has 0 spiro atoms. The van der Waals surface area contributed by atoms with Gasteiger partial charge in [0.25, 0.3) is 0 Å². The predicted octanol–water partition coefficient (Wildman–Crippen LogP) is 12.3. The molecule has 2 atom stereocenters. The van der Waals surface area contributed by atoms with Gasteiger partial charge in [0.2, 0.25) is 0 Å². The van der Waals surface area contributed by atoms with Crippen LogP contribution in [0.5, 0.6) is 0 Å². The van der Waals surface area contributed by atoms with Gasteiger partial charge in [-0.25, -0.2) is 15.0 Å². The van der Waals surface area contributed by atoms with E-state index in [1.54, 1.807) is 0 Å². The van der Waals surface area contributed by atoms with E-state index in [4.69, 9.17) is 19.9 Å². The molecule has 1 aromatic heterocycles. The predicted molar refractivity (Wildman–Crippen MR) is 223 cm³/mol. The molecule has 1 aliphatic heterocycles. The molecule has 1 aliphatic rings. The molecule has 0 bridgehead atoms. The number of aliphatic imine (C=N–C) groups is 1. The Morgan fingerprint density at radius 1 is 0.444 bits per heavy atom. The molecule has 9 rings (SSSR count). The Bertz CT molecular complexity index is 2560. The number of hydrogen-bond acceptors (Lipinski definition) is 4. The van der Waals surface area contributed by atoms with E-state index in [1.807, 2.05) is 36.4 Å². The minimum Gasteiger partial charge on any atom is -0.276 e. The number of benzene rings is 7. The first-order valence-electron chi connectivity index (χ1n) is 18.6. The van der Waals surface area contributed by atoms with Crippen LogP contribution < -0.4 is 0 Å². The molecule has 0 amide bonds. The molecule has 4 heteroatoms. The number of hydrogen-bond donors (Lipinski definition) is 0. The number of dihydropyridines is 1. The van der Waals surface area contributed by atoms with Crippen LogP contribution in [0.2, 0.25) is 0 Å². The zero-order chi connectivity index (χ0) is 36.3. The molecule has 4 nitrogen and oxygen atoms in total. The van der Waals surface area contributed by atoms with Gasteiger partial charge in [0.15, 0.2) is 17.5 Å². The van der Waals surface area contributed by atoms with E-state index in [0.717, 1.165) is 56.3 Å². The summed E-state index contributed by atoms with van der Waals surface area (Å²) in [4.78, 5) is 20.7. The van der Waals surface area contributed by atoms with Crippen molar-refractivity contribution >= 4 is 22.1 Å². The van der Waals surface area contributed by atoms with Crippen molar-refractivity contribution in [2.24, 2.45) is 10.9 Å². The number of aromatic nitrogens is 3. The SMILES string of the molecule is CCC1C(c2ccc(-c3ccc4ccccc4c3-c3nc(-c4ccccc4)nc(-c4ccccc4)n3)cc2)=CC(c2ccccc2)=NC1c1ccccc1. The minimum absolute atomic E-state index is 0.0274. The third-order valence-electron chi connectivity index (χ3n) is 10.4. The van der Waals surface area contributed by atoms with E-state index in [0.29, 0.717) is 17.5 Å². The average Bonchev–Trinajstić information content (AvgIpc) is 3.26. The molecular formula is C50H38N4. The van der Waals surface area contributed by atoms with Crippen molar-refractivity contribution in [2.45, 2.75) is 19.4 Å². The van der Waals surface area contributed by atoms with Crippen LogP contribution in [0.15, 0.2) is 193 Å². The fourth-order valence-corrected chi connectivity index (χ4v) is 7.68. The van der Waals surface area contributed by atoms with E-state index in [2.05, 4.69) is 159 Å². The average molecular weight is 695 g/mol.